The standard InChI is InChI=1S/C27H32N3O4PS/c1-20(2)25(30-35(33)19-29-27(32)34-18-22-8-4-3-5-9-22)26(31)28-16-6-10-21-12-14-23(15-13-21)24-11-7-17-36-24/h3-5,7-9,11-15,17,20,25H,6,10,16,18-19H2,1-2H3,(H,28,31)(H,29,32)/t25-/m0/s1. The van der Waals surface area contributed by atoms with Crippen molar-refractivity contribution in [3.05, 3.63) is 83.2 Å². The summed E-state index contributed by atoms with van der Waals surface area (Å²) >= 11 is 1.72. The summed E-state index contributed by atoms with van der Waals surface area (Å²) < 4.78 is 9.27. The number of hydrogen-bond donors (Lipinski definition) is 2. The Labute approximate surface area is 217 Å². The van der Waals surface area contributed by atoms with Gasteiger partial charge in [-0.1, -0.05) is 79.3 Å². The van der Waals surface area contributed by atoms with Crippen LogP contribution in [0.15, 0.2) is 76.9 Å². The third-order valence-corrected chi connectivity index (χ3v) is 7.28. The van der Waals surface area contributed by atoms with Crippen molar-refractivity contribution < 1.29 is 19.2 Å². The van der Waals surface area contributed by atoms with Crippen molar-refractivity contribution in [1.82, 2.24) is 10.6 Å². The van der Waals surface area contributed by atoms with Gasteiger partial charge in [-0.2, -0.15) is 0 Å². The quantitative estimate of drug-likeness (QED) is 0.247. The second-order valence-electron chi connectivity index (χ2n) is 8.62. The first-order valence-electron chi connectivity index (χ1n) is 11.9. The third-order valence-electron chi connectivity index (χ3n) is 5.43. The normalized spacial score (nSPS) is 12.3. The first-order chi connectivity index (χ1) is 17.4. The Kier molecular flexibility index (Phi) is 11.1. The van der Waals surface area contributed by atoms with E-state index in [1.807, 2.05) is 50.2 Å². The molecule has 7 nitrogen and oxygen atoms in total. The average Bonchev–Trinajstić information content (AvgIpc) is 3.43. The number of ether oxygens (including phenoxy) is 1. The lowest BCUT2D eigenvalue weighted by molar-refractivity contribution is -0.156. The number of alkyl carbamates (subject to hydrolysis) is 1. The fourth-order valence-electron chi connectivity index (χ4n) is 3.46. The number of rotatable bonds is 12. The van der Waals surface area contributed by atoms with Gasteiger partial charge in [0.2, 0.25) is 5.91 Å². The van der Waals surface area contributed by atoms with Crippen LogP contribution >= 0.6 is 19.3 Å². The number of nitrogens with zero attached hydrogens (tertiary/aromatic N) is 1. The molecular formula is C27H32N3O4PS. The highest BCUT2D eigenvalue weighted by molar-refractivity contribution is 7.39. The average molecular weight is 526 g/mol. The van der Waals surface area contributed by atoms with E-state index in [0.717, 1.165) is 18.4 Å². The van der Waals surface area contributed by atoms with Gasteiger partial charge in [-0.25, -0.2) is 4.79 Å². The van der Waals surface area contributed by atoms with E-state index in [1.54, 1.807) is 11.3 Å². The topological polar surface area (TPSA) is 103 Å². The number of hydrogen-bond acceptors (Lipinski definition) is 6. The Balaban J connectivity index is 1.39. The Morgan fingerprint density at radius 2 is 1.75 bits per heavy atom. The molecule has 0 saturated carbocycles. The van der Waals surface area contributed by atoms with Gasteiger partial charge in [0.1, 0.15) is 6.61 Å². The highest BCUT2D eigenvalue weighted by atomic mass is 32.1. The summed E-state index contributed by atoms with van der Waals surface area (Å²) in [5.41, 5.74) is 3.27. The lowest BCUT2D eigenvalue weighted by atomic mass is 10.0. The summed E-state index contributed by atoms with van der Waals surface area (Å²) in [4.78, 5) is 38.2. The number of benzene rings is 2. The summed E-state index contributed by atoms with van der Waals surface area (Å²) in [6.07, 6.45) is 0.778. The largest absolute Gasteiger partial charge is 0.611 e. The minimum absolute atomic E-state index is 0.121. The molecule has 1 unspecified atom stereocenters. The van der Waals surface area contributed by atoms with Crippen molar-refractivity contribution >= 4 is 31.3 Å². The molecule has 3 aromatic rings. The number of carbonyl (C=O) groups is 2. The van der Waals surface area contributed by atoms with E-state index < -0.39 is 20.1 Å². The summed E-state index contributed by atoms with van der Waals surface area (Å²) in [5.74, 6) is -0.383. The van der Waals surface area contributed by atoms with Crippen LogP contribution in [0.4, 0.5) is 4.79 Å². The number of thiophene rings is 1. The monoisotopic (exact) mass is 525 g/mol. The van der Waals surface area contributed by atoms with E-state index in [0.29, 0.717) is 6.54 Å². The summed E-state index contributed by atoms with van der Waals surface area (Å²) in [7, 11) is -2.15. The number of aryl methyl sites for hydroxylation is 1. The zero-order chi connectivity index (χ0) is 25.8. The maximum atomic E-state index is 12.7. The SMILES string of the molecule is CC(C)[C@H](N=[P+]([O-])CNC(=O)OCc1ccccc1)C(=O)NCCCc1ccc(-c2cccs2)cc1. The molecule has 0 fully saturated rings. The van der Waals surface area contributed by atoms with Crippen LogP contribution in [0.25, 0.3) is 10.4 Å². The lowest BCUT2D eigenvalue weighted by Gasteiger charge is -2.15. The van der Waals surface area contributed by atoms with E-state index in [-0.39, 0.29) is 24.7 Å². The molecule has 190 valence electrons. The molecule has 9 heteroatoms. The zero-order valence-corrected chi connectivity index (χ0v) is 22.3. The van der Waals surface area contributed by atoms with Crippen LogP contribution in [-0.4, -0.2) is 30.9 Å². The highest BCUT2D eigenvalue weighted by Crippen LogP contribution is 2.25. The minimum Gasteiger partial charge on any atom is -0.611 e. The van der Waals surface area contributed by atoms with Crippen LogP contribution in [0.5, 0.6) is 0 Å². The van der Waals surface area contributed by atoms with Gasteiger partial charge in [0.05, 0.1) is 0 Å². The van der Waals surface area contributed by atoms with Gasteiger partial charge in [0.25, 0.3) is 0 Å². The maximum Gasteiger partial charge on any atom is 0.410 e. The molecule has 2 N–H and O–H groups in total. The third kappa shape index (κ3) is 9.19. The van der Waals surface area contributed by atoms with E-state index in [2.05, 4.69) is 51.1 Å². The van der Waals surface area contributed by atoms with E-state index in [4.69, 9.17) is 4.74 Å². The van der Waals surface area contributed by atoms with Crippen molar-refractivity contribution in [3.63, 3.8) is 0 Å². The molecule has 2 aromatic carbocycles. The second-order valence-corrected chi connectivity index (χ2v) is 10.8. The molecule has 0 bridgehead atoms. The summed E-state index contributed by atoms with van der Waals surface area (Å²) in [6, 6.07) is 21.1. The van der Waals surface area contributed by atoms with Gasteiger partial charge >= 0.3 is 6.09 Å². The Morgan fingerprint density at radius 1 is 1.00 bits per heavy atom. The van der Waals surface area contributed by atoms with Crippen LogP contribution < -0.4 is 15.5 Å². The molecule has 3 rings (SSSR count). The smallest absolute Gasteiger partial charge is 0.410 e. The predicted molar refractivity (Wildman–Crippen MR) is 144 cm³/mol. The molecule has 0 spiro atoms. The Hall–Kier alpha value is -3.06. The molecule has 0 aliphatic rings. The minimum atomic E-state index is -2.15. The molecule has 2 amide bonds. The van der Waals surface area contributed by atoms with Crippen molar-refractivity contribution in [2.24, 2.45) is 10.7 Å². The van der Waals surface area contributed by atoms with Crippen LogP contribution in [0.2, 0.25) is 0 Å². The summed E-state index contributed by atoms with van der Waals surface area (Å²) in [6.45, 7) is 4.34. The van der Waals surface area contributed by atoms with Crippen molar-refractivity contribution in [3.8, 4) is 10.4 Å². The van der Waals surface area contributed by atoms with E-state index in [1.165, 1.54) is 16.0 Å². The number of carbonyl (C=O) groups excluding carboxylic acids is 2. The second kappa shape index (κ2) is 14.5. The molecule has 0 aliphatic carbocycles. The van der Waals surface area contributed by atoms with Crippen molar-refractivity contribution in [2.75, 3.05) is 12.8 Å². The van der Waals surface area contributed by atoms with Crippen LogP contribution in [0.1, 0.15) is 31.4 Å². The van der Waals surface area contributed by atoms with Crippen LogP contribution in [0, 0.1) is 5.92 Å². The van der Waals surface area contributed by atoms with Gasteiger partial charge < -0.3 is 14.9 Å². The molecule has 36 heavy (non-hydrogen) atoms. The highest BCUT2D eigenvalue weighted by Gasteiger charge is 2.24. The molecule has 2 atom stereocenters. The van der Waals surface area contributed by atoms with Gasteiger partial charge in [-0.3, -0.25) is 10.1 Å². The first kappa shape index (κ1) is 27.5. The van der Waals surface area contributed by atoms with E-state index >= 15 is 0 Å². The Morgan fingerprint density at radius 3 is 2.42 bits per heavy atom. The Bertz CT molecular complexity index is 1120. The first-order valence-corrected chi connectivity index (χ1v) is 14.2. The molecule has 1 heterocycles. The fourth-order valence-corrected chi connectivity index (χ4v) is 5.19. The molecule has 1 aromatic heterocycles. The maximum absolute atomic E-state index is 12.7. The van der Waals surface area contributed by atoms with Gasteiger partial charge in [0, 0.05) is 11.4 Å². The molecule has 0 aliphatic heterocycles. The van der Waals surface area contributed by atoms with Crippen molar-refractivity contribution in [1.29, 1.82) is 0 Å². The fraction of sp³-hybridized carbons (Fsp3) is 0.333. The molecule has 0 saturated heterocycles. The molecule has 0 radical (unpaired) electrons. The van der Waals surface area contributed by atoms with Crippen molar-refractivity contribution in [2.45, 2.75) is 39.3 Å². The van der Waals surface area contributed by atoms with Gasteiger partial charge in [-0.15, -0.1) is 11.3 Å². The zero-order valence-electron chi connectivity index (χ0n) is 20.6. The predicted octanol–water partition coefficient (Wildman–Crippen LogP) is 5.31. The van der Waals surface area contributed by atoms with Crippen LogP contribution in [0.3, 0.4) is 0 Å². The van der Waals surface area contributed by atoms with Crippen LogP contribution in [-0.2, 0) is 22.6 Å². The number of amides is 2. The summed E-state index contributed by atoms with van der Waals surface area (Å²) in [5, 5.41) is 7.42. The van der Waals surface area contributed by atoms with E-state index in [9.17, 15) is 14.5 Å². The lowest BCUT2D eigenvalue weighted by Crippen LogP contribution is -2.37. The number of nitrogens with one attached hydrogen (secondary N) is 2. The van der Waals surface area contributed by atoms with Gasteiger partial charge in [-0.05, 0) is 46.9 Å². The molecular weight excluding hydrogens is 493 g/mol. The van der Waals surface area contributed by atoms with Gasteiger partial charge in [0.15, 0.2) is 20.3 Å².